The third kappa shape index (κ3) is 6.26. The molecule has 14 heavy (non-hydrogen) atoms. The average molecular weight is 209 g/mol. The minimum atomic E-state index is -0.239. The molecule has 1 radical (unpaired) electrons. The molecule has 0 fully saturated rings. The molecule has 0 saturated heterocycles. The molecule has 0 aliphatic rings. The van der Waals surface area contributed by atoms with Gasteiger partial charge in [0.1, 0.15) is 0 Å². The van der Waals surface area contributed by atoms with E-state index in [1.54, 1.807) is 0 Å². The Morgan fingerprint density at radius 2 is 1.57 bits per heavy atom. The van der Waals surface area contributed by atoms with Gasteiger partial charge in [0.25, 0.3) is 0 Å². The van der Waals surface area contributed by atoms with Crippen molar-refractivity contribution in [3.63, 3.8) is 0 Å². The van der Waals surface area contributed by atoms with Gasteiger partial charge in [-0.05, 0) is 6.42 Å². The number of unbranched alkanes of at least 4 members (excludes halogenated alkanes) is 2. The standard InChI is InChI=1S/C13H25Si/c1-6-7-8-9-10-11-14(12(2)3)13(4)5/h12-13H,6-8,11H2,1-5H3. The van der Waals surface area contributed by atoms with Gasteiger partial charge in [0.15, 0.2) is 0 Å². The third-order valence-electron chi connectivity index (χ3n) is 2.56. The van der Waals surface area contributed by atoms with Crippen LogP contribution in [0.15, 0.2) is 0 Å². The van der Waals surface area contributed by atoms with Crippen molar-refractivity contribution in [1.82, 2.24) is 0 Å². The molecular formula is C13H25Si. The van der Waals surface area contributed by atoms with Gasteiger partial charge in [-0.3, -0.25) is 0 Å². The summed E-state index contributed by atoms with van der Waals surface area (Å²) in [6, 6.07) is 1.18. The molecule has 81 valence electrons. The quantitative estimate of drug-likeness (QED) is 0.355. The molecule has 0 nitrogen and oxygen atoms in total. The predicted molar refractivity (Wildman–Crippen MR) is 68.1 cm³/mol. The van der Waals surface area contributed by atoms with Gasteiger partial charge in [-0.25, -0.2) is 0 Å². The number of hydrogen-bond acceptors (Lipinski definition) is 0. The fraction of sp³-hybridized carbons (Fsp3) is 0.846. The van der Waals surface area contributed by atoms with E-state index < -0.39 is 0 Å². The van der Waals surface area contributed by atoms with E-state index in [-0.39, 0.29) is 8.80 Å². The summed E-state index contributed by atoms with van der Waals surface area (Å²) in [6.07, 6.45) is 3.63. The second-order valence-corrected chi connectivity index (χ2v) is 8.33. The SMILES string of the molecule is CCCCC#CC[Si](C(C)C)C(C)C. The van der Waals surface area contributed by atoms with Crippen molar-refractivity contribution in [3.05, 3.63) is 0 Å². The third-order valence-corrected chi connectivity index (χ3v) is 6.11. The van der Waals surface area contributed by atoms with E-state index in [0.717, 1.165) is 17.5 Å². The van der Waals surface area contributed by atoms with E-state index in [1.165, 1.54) is 18.9 Å². The smallest absolute Gasteiger partial charge is 0.0674 e. The van der Waals surface area contributed by atoms with E-state index in [0.29, 0.717) is 0 Å². The van der Waals surface area contributed by atoms with Crippen LogP contribution in [0.5, 0.6) is 0 Å². The highest BCUT2D eigenvalue weighted by molar-refractivity contribution is 6.62. The molecule has 0 bridgehead atoms. The van der Waals surface area contributed by atoms with E-state index in [4.69, 9.17) is 0 Å². The maximum atomic E-state index is 3.38. The van der Waals surface area contributed by atoms with E-state index in [2.05, 4.69) is 46.5 Å². The van der Waals surface area contributed by atoms with Crippen molar-refractivity contribution in [2.75, 3.05) is 0 Å². The fourth-order valence-corrected chi connectivity index (χ4v) is 4.07. The highest BCUT2D eigenvalue weighted by atomic mass is 28.3. The van der Waals surface area contributed by atoms with Crippen LogP contribution < -0.4 is 0 Å². The Bertz CT molecular complexity index is 175. The molecule has 0 aliphatic carbocycles. The van der Waals surface area contributed by atoms with Crippen LogP contribution in [0, 0.1) is 11.8 Å². The average Bonchev–Trinajstić information content (AvgIpc) is 2.09. The Morgan fingerprint density at radius 3 is 2.00 bits per heavy atom. The van der Waals surface area contributed by atoms with Crippen molar-refractivity contribution in [2.45, 2.75) is 71.0 Å². The molecule has 0 heterocycles. The van der Waals surface area contributed by atoms with Gasteiger partial charge in [-0.1, -0.05) is 52.1 Å². The summed E-state index contributed by atoms with van der Waals surface area (Å²) in [6.45, 7) is 11.6. The minimum absolute atomic E-state index is 0.239. The lowest BCUT2D eigenvalue weighted by Gasteiger charge is -2.19. The van der Waals surface area contributed by atoms with Gasteiger partial charge < -0.3 is 0 Å². The number of hydrogen-bond donors (Lipinski definition) is 0. The monoisotopic (exact) mass is 209 g/mol. The summed E-state index contributed by atoms with van der Waals surface area (Å²) < 4.78 is 0. The summed E-state index contributed by atoms with van der Waals surface area (Å²) in [4.78, 5) is 0. The van der Waals surface area contributed by atoms with Crippen molar-refractivity contribution in [2.24, 2.45) is 0 Å². The summed E-state index contributed by atoms with van der Waals surface area (Å²) in [5.74, 6) is 6.68. The molecule has 0 N–H and O–H groups in total. The zero-order valence-corrected chi connectivity index (χ0v) is 11.5. The summed E-state index contributed by atoms with van der Waals surface area (Å²) >= 11 is 0. The lowest BCUT2D eigenvalue weighted by atomic mass is 10.3. The van der Waals surface area contributed by atoms with Crippen LogP contribution in [0.3, 0.4) is 0 Å². The highest BCUT2D eigenvalue weighted by Crippen LogP contribution is 2.22. The first kappa shape index (κ1) is 13.8. The van der Waals surface area contributed by atoms with Crippen LogP contribution in [0.1, 0.15) is 53.9 Å². The van der Waals surface area contributed by atoms with Crippen LogP contribution >= 0.6 is 0 Å². The maximum absolute atomic E-state index is 3.38. The van der Waals surface area contributed by atoms with Crippen molar-refractivity contribution < 1.29 is 0 Å². The first-order valence-corrected chi connectivity index (χ1v) is 7.77. The van der Waals surface area contributed by atoms with Crippen molar-refractivity contribution in [1.29, 1.82) is 0 Å². The number of rotatable bonds is 5. The topological polar surface area (TPSA) is 0 Å². The Kier molecular flexibility index (Phi) is 7.99. The van der Waals surface area contributed by atoms with Gasteiger partial charge in [0.2, 0.25) is 0 Å². The van der Waals surface area contributed by atoms with E-state index in [1.807, 2.05) is 0 Å². The molecule has 1 heteroatoms. The first-order chi connectivity index (χ1) is 6.59. The van der Waals surface area contributed by atoms with Crippen LogP contribution in [0.25, 0.3) is 0 Å². The molecule has 0 saturated carbocycles. The van der Waals surface area contributed by atoms with Crippen LogP contribution in [-0.4, -0.2) is 8.80 Å². The van der Waals surface area contributed by atoms with Crippen LogP contribution in [0.4, 0.5) is 0 Å². The molecule has 0 atom stereocenters. The lowest BCUT2D eigenvalue weighted by Crippen LogP contribution is -2.19. The molecule has 0 aliphatic heterocycles. The Labute approximate surface area is 92.1 Å². The van der Waals surface area contributed by atoms with Gasteiger partial charge in [-0.2, -0.15) is 0 Å². The Hall–Kier alpha value is -0.223. The van der Waals surface area contributed by atoms with E-state index in [9.17, 15) is 0 Å². The minimum Gasteiger partial charge on any atom is -0.107 e. The van der Waals surface area contributed by atoms with Crippen molar-refractivity contribution >= 4 is 8.80 Å². The van der Waals surface area contributed by atoms with Gasteiger partial charge in [-0.15, -0.1) is 11.8 Å². The highest BCUT2D eigenvalue weighted by Gasteiger charge is 2.17. The largest absolute Gasteiger partial charge is 0.107 e. The van der Waals surface area contributed by atoms with Crippen molar-refractivity contribution in [3.8, 4) is 11.8 Å². The summed E-state index contributed by atoms with van der Waals surface area (Å²) in [7, 11) is -0.239. The molecular weight excluding hydrogens is 184 g/mol. The van der Waals surface area contributed by atoms with Gasteiger partial charge in [0, 0.05) is 12.5 Å². The normalized spacial score (nSPS) is 10.9. The predicted octanol–water partition coefficient (Wildman–Crippen LogP) is 4.49. The summed E-state index contributed by atoms with van der Waals surface area (Å²) in [5, 5.41) is 0. The lowest BCUT2D eigenvalue weighted by molar-refractivity contribution is 0.828. The zero-order valence-electron chi connectivity index (χ0n) is 10.5. The zero-order chi connectivity index (χ0) is 11.0. The molecule has 0 aromatic rings. The van der Waals surface area contributed by atoms with Gasteiger partial charge in [0.05, 0.1) is 8.80 Å². The summed E-state index contributed by atoms with van der Waals surface area (Å²) in [5.41, 5.74) is 1.72. The Morgan fingerprint density at radius 1 is 1.00 bits per heavy atom. The second-order valence-electron chi connectivity index (χ2n) is 4.52. The maximum Gasteiger partial charge on any atom is 0.0674 e. The van der Waals surface area contributed by atoms with Crippen LogP contribution in [-0.2, 0) is 0 Å². The first-order valence-electron chi connectivity index (χ1n) is 5.90. The molecule has 0 aromatic heterocycles. The molecule has 0 rings (SSSR count). The molecule has 0 spiro atoms. The molecule has 0 aromatic carbocycles. The second kappa shape index (κ2) is 8.12. The van der Waals surface area contributed by atoms with Gasteiger partial charge >= 0.3 is 0 Å². The fourth-order valence-electron chi connectivity index (χ4n) is 1.59. The van der Waals surface area contributed by atoms with Crippen LogP contribution in [0.2, 0.25) is 17.1 Å². The Balaban J connectivity index is 3.85. The molecule has 0 unspecified atom stereocenters. The van der Waals surface area contributed by atoms with E-state index >= 15 is 0 Å². The molecule has 0 amide bonds.